The van der Waals surface area contributed by atoms with Gasteiger partial charge in [-0.3, -0.25) is 4.79 Å². The van der Waals surface area contributed by atoms with Crippen molar-refractivity contribution in [2.75, 3.05) is 11.5 Å². The summed E-state index contributed by atoms with van der Waals surface area (Å²) in [6.45, 7) is 1.98. The molecule has 114 valence electrons. The predicted molar refractivity (Wildman–Crippen MR) is 87.7 cm³/mol. The molecule has 0 spiro atoms. The van der Waals surface area contributed by atoms with Gasteiger partial charge in [0.2, 0.25) is 5.91 Å². The fourth-order valence-electron chi connectivity index (χ4n) is 2.35. The largest absolute Gasteiger partial charge is 0.480 e. The van der Waals surface area contributed by atoms with E-state index in [9.17, 15) is 14.7 Å². The fourth-order valence-corrected chi connectivity index (χ4v) is 3.97. The lowest BCUT2D eigenvalue weighted by Crippen LogP contribution is -2.56. The molecule has 0 aromatic heterocycles. The molecule has 1 heterocycles. The monoisotopic (exact) mass is 371 g/mol. The molecule has 0 saturated carbocycles. The number of benzene rings is 1. The number of rotatable bonds is 4. The topological polar surface area (TPSA) is 66.4 Å². The first-order valence-electron chi connectivity index (χ1n) is 6.80. The Kier molecular flexibility index (Phi) is 5.32. The van der Waals surface area contributed by atoms with Gasteiger partial charge < -0.3 is 10.4 Å². The van der Waals surface area contributed by atoms with E-state index in [1.807, 2.05) is 25.1 Å². The third kappa shape index (κ3) is 4.01. The van der Waals surface area contributed by atoms with E-state index in [2.05, 4.69) is 21.2 Å². The van der Waals surface area contributed by atoms with Crippen molar-refractivity contribution in [3.8, 4) is 0 Å². The Morgan fingerprint density at radius 2 is 2.05 bits per heavy atom. The molecule has 0 unspecified atom stereocenters. The number of carboxylic acids is 1. The minimum absolute atomic E-state index is 0.195. The normalized spacial score (nSPS) is 17.2. The van der Waals surface area contributed by atoms with Crippen LogP contribution in [0.4, 0.5) is 0 Å². The molecule has 4 nitrogen and oxygen atoms in total. The first-order valence-corrected chi connectivity index (χ1v) is 8.75. The number of hydrogen-bond acceptors (Lipinski definition) is 3. The van der Waals surface area contributed by atoms with Crippen molar-refractivity contribution in [1.29, 1.82) is 0 Å². The van der Waals surface area contributed by atoms with Gasteiger partial charge in [-0.15, -0.1) is 0 Å². The summed E-state index contributed by atoms with van der Waals surface area (Å²) in [5.74, 6) is 0.368. The van der Waals surface area contributed by atoms with Crippen LogP contribution in [0.15, 0.2) is 22.7 Å². The van der Waals surface area contributed by atoms with Crippen molar-refractivity contribution in [3.05, 3.63) is 33.8 Å². The van der Waals surface area contributed by atoms with Crippen LogP contribution >= 0.6 is 27.7 Å². The van der Waals surface area contributed by atoms with Crippen molar-refractivity contribution < 1.29 is 14.7 Å². The standard InChI is InChI=1S/C15H18BrNO3S/c1-10-2-3-11(8-12(10)16)9-13(18)17-15(14(19)20)4-6-21-7-5-15/h2-3,8H,4-7,9H2,1H3,(H,17,18)(H,19,20). The highest BCUT2D eigenvalue weighted by atomic mass is 79.9. The molecule has 1 aliphatic rings. The predicted octanol–water partition coefficient (Wildman–Crippen LogP) is 2.77. The van der Waals surface area contributed by atoms with E-state index in [0.717, 1.165) is 27.1 Å². The van der Waals surface area contributed by atoms with E-state index < -0.39 is 11.5 Å². The van der Waals surface area contributed by atoms with E-state index in [1.54, 1.807) is 11.8 Å². The van der Waals surface area contributed by atoms with E-state index in [4.69, 9.17) is 0 Å². The molecule has 21 heavy (non-hydrogen) atoms. The molecule has 1 aliphatic heterocycles. The Hall–Kier alpha value is -1.01. The number of halogens is 1. The molecule has 1 saturated heterocycles. The van der Waals surface area contributed by atoms with Crippen LogP contribution in [0.1, 0.15) is 24.0 Å². The molecule has 1 amide bonds. The zero-order valence-corrected chi connectivity index (χ0v) is 14.2. The van der Waals surface area contributed by atoms with Gasteiger partial charge in [0.05, 0.1) is 6.42 Å². The molecule has 2 N–H and O–H groups in total. The average molecular weight is 372 g/mol. The number of nitrogens with one attached hydrogen (secondary N) is 1. The van der Waals surface area contributed by atoms with Gasteiger partial charge in [-0.1, -0.05) is 28.1 Å². The zero-order chi connectivity index (χ0) is 15.5. The quantitative estimate of drug-likeness (QED) is 0.853. The number of aryl methyl sites for hydroxylation is 1. The molecule has 1 aromatic rings. The number of amides is 1. The van der Waals surface area contributed by atoms with Crippen LogP contribution < -0.4 is 5.32 Å². The van der Waals surface area contributed by atoms with E-state index in [1.165, 1.54) is 0 Å². The van der Waals surface area contributed by atoms with E-state index >= 15 is 0 Å². The fraction of sp³-hybridized carbons (Fsp3) is 0.467. The highest BCUT2D eigenvalue weighted by molar-refractivity contribution is 9.10. The molecule has 1 fully saturated rings. The second kappa shape index (κ2) is 6.83. The molecule has 0 atom stereocenters. The summed E-state index contributed by atoms with van der Waals surface area (Å²) in [7, 11) is 0. The number of hydrogen-bond donors (Lipinski definition) is 2. The summed E-state index contributed by atoms with van der Waals surface area (Å²) < 4.78 is 0.954. The highest BCUT2D eigenvalue weighted by Crippen LogP contribution is 2.27. The zero-order valence-electron chi connectivity index (χ0n) is 11.8. The Labute approximate surface area is 136 Å². The van der Waals surface area contributed by atoms with Crippen molar-refractivity contribution >= 4 is 39.6 Å². The highest BCUT2D eigenvalue weighted by Gasteiger charge is 2.41. The molecule has 0 radical (unpaired) electrons. The van der Waals surface area contributed by atoms with Gasteiger partial charge in [-0.05, 0) is 48.5 Å². The van der Waals surface area contributed by atoms with Crippen LogP contribution in [0.5, 0.6) is 0 Å². The minimum Gasteiger partial charge on any atom is -0.480 e. The molecule has 1 aromatic carbocycles. The molecule has 2 rings (SSSR count). The second-order valence-corrected chi connectivity index (χ2v) is 7.39. The summed E-state index contributed by atoms with van der Waals surface area (Å²) in [5, 5.41) is 12.2. The smallest absolute Gasteiger partial charge is 0.329 e. The van der Waals surface area contributed by atoms with Crippen LogP contribution in [-0.4, -0.2) is 34.0 Å². The summed E-state index contributed by atoms with van der Waals surface area (Å²) in [4.78, 5) is 23.7. The van der Waals surface area contributed by atoms with Gasteiger partial charge in [-0.2, -0.15) is 11.8 Å². The van der Waals surface area contributed by atoms with Crippen molar-refractivity contribution in [2.45, 2.75) is 31.7 Å². The number of thioether (sulfide) groups is 1. The van der Waals surface area contributed by atoms with Gasteiger partial charge >= 0.3 is 5.97 Å². The first kappa shape index (κ1) is 16.4. The van der Waals surface area contributed by atoms with Crippen LogP contribution in [0.2, 0.25) is 0 Å². The van der Waals surface area contributed by atoms with Crippen LogP contribution in [0.25, 0.3) is 0 Å². The summed E-state index contributed by atoms with van der Waals surface area (Å²) in [6.07, 6.45) is 1.16. The maximum Gasteiger partial charge on any atom is 0.329 e. The Morgan fingerprint density at radius 1 is 1.38 bits per heavy atom. The van der Waals surface area contributed by atoms with Gasteiger partial charge in [0, 0.05) is 4.47 Å². The number of carbonyl (C=O) groups is 2. The average Bonchev–Trinajstić information content (AvgIpc) is 2.43. The van der Waals surface area contributed by atoms with Gasteiger partial charge in [-0.25, -0.2) is 4.79 Å². The summed E-state index contributed by atoms with van der Waals surface area (Å²) >= 11 is 5.17. The third-order valence-electron chi connectivity index (χ3n) is 3.74. The Morgan fingerprint density at radius 3 is 2.62 bits per heavy atom. The maximum atomic E-state index is 12.2. The lowest BCUT2D eigenvalue weighted by molar-refractivity contribution is -0.148. The van der Waals surface area contributed by atoms with Crippen molar-refractivity contribution in [2.24, 2.45) is 0 Å². The van der Waals surface area contributed by atoms with Crippen LogP contribution in [0, 0.1) is 6.92 Å². The minimum atomic E-state index is -1.09. The Balaban J connectivity index is 2.05. The first-order chi connectivity index (χ1) is 9.93. The molecule has 6 heteroatoms. The molecular weight excluding hydrogens is 354 g/mol. The summed E-state index contributed by atoms with van der Waals surface area (Å²) in [5.41, 5.74) is 0.880. The van der Waals surface area contributed by atoms with Gasteiger partial charge in [0.25, 0.3) is 0 Å². The third-order valence-corrected chi connectivity index (χ3v) is 5.58. The van der Waals surface area contributed by atoms with Crippen LogP contribution in [-0.2, 0) is 16.0 Å². The molecule has 0 bridgehead atoms. The van der Waals surface area contributed by atoms with E-state index in [-0.39, 0.29) is 12.3 Å². The maximum absolute atomic E-state index is 12.2. The lowest BCUT2D eigenvalue weighted by atomic mass is 9.92. The second-order valence-electron chi connectivity index (χ2n) is 5.31. The number of carboxylic acid groups (broad SMARTS) is 1. The molecule has 0 aliphatic carbocycles. The number of carbonyl (C=O) groups excluding carboxylic acids is 1. The van der Waals surface area contributed by atoms with Crippen molar-refractivity contribution in [1.82, 2.24) is 5.32 Å². The number of aliphatic carboxylic acids is 1. The van der Waals surface area contributed by atoms with Crippen molar-refractivity contribution in [3.63, 3.8) is 0 Å². The Bertz CT molecular complexity index is 556. The summed E-state index contributed by atoms with van der Waals surface area (Å²) in [6, 6.07) is 5.74. The molecular formula is C15H18BrNO3S. The lowest BCUT2D eigenvalue weighted by Gasteiger charge is -2.33. The van der Waals surface area contributed by atoms with Crippen LogP contribution in [0.3, 0.4) is 0 Å². The SMILES string of the molecule is Cc1ccc(CC(=O)NC2(C(=O)O)CCSCC2)cc1Br. The van der Waals surface area contributed by atoms with Gasteiger partial charge in [0.15, 0.2) is 0 Å². The van der Waals surface area contributed by atoms with E-state index in [0.29, 0.717) is 12.8 Å². The van der Waals surface area contributed by atoms with Gasteiger partial charge in [0.1, 0.15) is 5.54 Å².